The van der Waals surface area contributed by atoms with Gasteiger partial charge in [-0.3, -0.25) is 0 Å². The van der Waals surface area contributed by atoms with Crippen LogP contribution < -0.4 is 10.2 Å². The first-order chi connectivity index (χ1) is 15.9. The van der Waals surface area contributed by atoms with Gasteiger partial charge in [0.2, 0.25) is 9.84 Å². The van der Waals surface area contributed by atoms with E-state index in [1.807, 2.05) is 41.6 Å². The van der Waals surface area contributed by atoms with Crippen molar-refractivity contribution in [2.75, 3.05) is 30.5 Å². The summed E-state index contributed by atoms with van der Waals surface area (Å²) >= 11 is 1.53. The molecule has 5 rings (SSSR count). The molecule has 0 bridgehead atoms. The molecule has 3 aromatic rings. The first-order valence-corrected chi connectivity index (χ1v) is 13.5. The van der Waals surface area contributed by atoms with Crippen molar-refractivity contribution in [2.45, 2.75) is 35.0 Å². The van der Waals surface area contributed by atoms with Gasteiger partial charge in [-0.15, -0.1) is 11.3 Å². The number of allylic oxidation sites excluding steroid dienone is 1. The number of anilines is 3. The number of sulfone groups is 1. The normalized spacial score (nSPS) is 18.3. The second-order valence-electron chi connectivity index (χ2n) is 8.59. The lowest BCUT2D eigenvalue weighted by Crippen LogP contribution is -2.23. The van der Waals surface area contributed by atoms with Gasteiger partial charge in [-0.25, -0.2) is 13.4 Å². The van der Waals surface area contributed by atoms with E-state index < -0.39 is 9.84 Å². The molecule has 2 aliphatic heterocycles. The summed E-state index contributed by atoms with van der Waals surface area (Å²) in [6.07, 6.45) is 4.73. The van der Waals surface area contributed by atoms with Crippen LogP contribution in [0.4, 0.5) is 16.5 Å². The zero-order valence-corrected chi connectivity index (χ0v) is 20.2. The van der Waals surface area contributed by atoms with E-state index in [9.17, 15) is 8.42 Å². The molecule has 1 unspecified atom stereocenters. The van der Waals surface area contributed by atoms with Crippen molar-refractivity contribution in [1.82, 2.24) is 4.98 Å². The smallest absolute Gasteiger partial charge is 0.210 e. The number of rotatable bonds is 6. The SMILES string of the molecule is C=C(Nc1nccs1)C(CC1CCOCC1)c1ccc2c(c1)N(C)c1ccccc1S2(=O)=O. The van der Waals surface area contributed by atoms with Crippen LogP contribution in [0, 0.1) is 5.92 Å². The molecule has 0 amide bonds. The summed E-state index contributed by atoms with van der Waals surface area (Å²) in [7, 11) is -1.65. The van der Waals surface area contributed by atoms with Crippen LogP contribution in [0.1, 0.15) is 30.7 Å². The van der Waals surface area contributed by atoms with Crippen molar-refractivity contribution in [2.24, 2.45) is 5.92 Å². The molecule has 1 saturated heterocycles. The fraction of sp³-hybridized carbons (Fsp3) is 0.320. The lowest BCUT2D eigenvalue weighted by Gasteiger charge is -2.32. The Hall–Kier alpha value is -2.68. The highest BCUT2D eigenvalue weighted by atomic mass is 32.2. The average molecular weight is 482 g/mol. The van der Waals surface area contributed by atoms with Gasteiger partial charge in [0.1, 0.15) is 0 Å². The maximum Gasteiger partial charge on any atom is 0.210 e. The zero-order chi connectivity index (χ0) is 23.0. The van der Waals surface area contributed by atoms with E-state index in [2.05, 4.69) is 16.9 Å². The van der Waals surface area contributed by atoms with Crippen molar-refractivity contribution < 1.29 is 13.2 Å². The molecule has 1 atom stereocenters. The van der Waals surface area contributed by atoms with E-state index in [1.165, 1.54) is 11.3 Å². The van der Waals surface area contributed by atoms with E-state index in [0.717, 1.165) is 48.9 Å². The van der Waals surface area contributed by atoms with Crippen molar-refractivity contribution >= 4 is 37.7 Å². The Morgan fingerprint density at radius 3 is 2.73 bits per heavy atom. The van der Waals surface area contributed by atoms with Crippen molar-refractivity contribution in [1.29, 1.82) is 0 Å². The third-order valence-electron chi connectivity index (χ3n) is 6.58. The van der Waals surface area contributed by atoms with Crippen LogP contribution >= 0.6 is 11.3 Å². The molecule has 2 aliphatic rings. The summed E-state index contributed by atoms with van der Waals surface area (Å²) in [5.41, 5.74) is 3.32. The Bertz CT molecular complexity index is 1270. The van der Waals surface area contributed by atoms with Crippen LogP contribution in [-0.2, 0) is 14.6 Å². The summed E-state index contributed by atoms with van der Waals surface area (Å²) in [6, 6.07) is 12.9. The summed E-state index contributed by atoms with van der Waals surface area (Å²) in [6.45, 7) is 5.93. The lowest BCUT2D eigenvalue weighted by atomic mass is 9.83. The molecule has 1 N–H and O–H groups in total. The zero-order valence-electron chi connectivity index (χ0n) is 18.5. The molecule has 1 fully saturated rings. The first-order valence-electron chi connectivity index (χ1n) is 11.1. The Labute approximate surface area is 198 Å². The molecule has 0 saturated carbocycles. The largest absolute Gasteiger partial charge is 0.381 e. The average Bonchev–Trinajstić information content (AvgIpc) is 3.34. The minimum absolute atomic E-state index is 0.0237. The second-order valence-corrected chi connectivity index (χ2v) is 11.4. The monoisotopic (exact) mass is 481 g/mol. The number of hydrogen-bond acceptors (Lipinski definition) is 7. The topological polar surface area (TPSA) is 71.5 Å². The molecular formula is C25H27N3O3S2. The van der Waals surface area contributed by atoms with Gasteiger partial charge in [0.25, 0.3) is 0 Å². The first kappa shape index (κ1) is 22.1. The Morgan fingerprint density at radius 2 is 1.97 bits per heavy atom. The quantitative estimate of drug-likeness (QED) is 0.495. The third-order valence-corrected chi connectivity index (χ3v) is 9.12. The van der Waals surface area contributed by atoms with Gasteiger partial charge in [-0.05, 0) is 55.0 Å². The van der Waals surface area contributed by atoms with Crippen LogP contribution in [0.25, 0.3) is 0 Å². The molecule has 3 heterocycles. The number of hydrogen-bond donors (Lipinski definition) is 1. The van der Waals surface area contributed by atoms with Gasteiger partial charge in [0.05, 0.1) is 21.2 Å². The summed E-state index contributed by atoms with van der Waals surface area (Å²) in [4.78, 5) is 7.01. The van der Waals surface area contributed by atoms with Gasteiger partial charge in [-0.2, -0.15) is 0 Å². The van der Waals surface area contributed by atoms with Crippen LogP contribution in [-0.4, -0.2) is 33.7 Å². The van der Waals surface area contributed by atoms with E-state index in [0.29, 0.717) is 27.1 Å². The van der Waals surface area contributed by atoms with Crippen LogP contribution in [0.5, 0.6) is 0 Å². The summed E-state index contributed by atoms with van der Waals surface area (Å²) in [5, 5.41) is 6.12. The molecule has 172 valence electrons. The third kappa shape index (κ3) is 4.18. The fourth-order valence-corrected chi connectivity index (χ4v) is 7.01. The number of ether oxygens (including phenoxy) is 1. The van der Waals surface area contributed by atoms with Crippen molar-refractivity contribution in [3.8, 4) is 0 Å². The van der Waals surface area contributed by atoms with Crippen LogP contribution in [0.2, 0.25) is 0 Å². The van der Waals surface area contributed by atoms with Gasteiger partial charge in [0, 0.05) is 43.5 Å². The summed E-state index contributed by atoms with van der Waals surface area (Å²) in [5.74, 6) is 0.549. The lowest BCUT2D eigenvalue weighted by molar-refractivity contribution is 0.0626. The Kier molecular flexibility index (Phi) is 5.99. The molecule has 6 nitrogen and oxygen atoms in total. The second kappa shape index (κ2) is 8.93. The number of nitrogens with one attached hydrogen (secondary N) is 1. The standard InChI is InChI=1S/C25H27N3O3S2/c1-17(27-25-26-11-14-32-25)20(15-18-9-12-31-13-10-18)19-7-8-24-22(16-19)28(2)21-5-3-4-6-23(21)33(24,29)30/h3-8,11,14,16,18,20H,1,9-10,12-13,15H2,2H3,(H,26,27). The predicted molar refractivity (Wildman–Crippen MR) is 132 cm³/mol. The highest BCUT2D eigenvalue weighted by Gasteiger charge is 2.33. The summed E-state index contributed by atoms with van der Waals surface area (Å²) < 4.78 is 32.2. The Balaban J connectivity index is 1.53. The van der Waals surface area contributed by atoms with Crippen molar-refractivity contribution in [3.05, 3.63) is 71.9 Å². The molecule has 0 spiro atoms. The number of thiazole rings is 1. The highest BCUT2D eigenvalue weighted by molar-refractivity contribution is 7.92. The van der Waals surface area contributed by atoms with E-state index in [-0.39, 0.29) is 5.92 Å². The van der Waals surface area contributed by atoms with Gasteiger partial charge < -0.3 is 15.0 Å². The molecule has 1 aromatic heterocycles. The predicted octanol–water partition coefficient (Wildman–Crippen LogP) is 5.58. The van der Waals surface area contributed by atoms with E-state index >= 15 is 0 Å². The maximum absolute atomic E-state index is 13.3. The molecule has 8 heteroatoms. The van der Waals surface area contributed by atoms with E-state index in [1.54, 1.807) is 24.4 Å². The molecule has 2 aromatic carbocycles. The van der Waals surface area contributed by atoms with Gasteiger partial charge >= 0.3 is 0 Å². The minimum atomic E-state index is -3.57. The number of para-hydroxylation sites is 1. The maximum atomic E-state index is 13.3. The van der Waals surface area contributed by atoms with Crippen LogP contribution in [0.3, 0.4) is 0 Å². The number of fused-ring (bicyclic) bond motifs is 2. The van der Waals surface area contributed by atoms with Crippen LogP contribution in [0.15, 0.2) is 76.1 Å². The number of nitrogens with zero attached hydrogens (tertiary/aromatic N) is 2. The Morgan fingerprint density at radius 1 is 1.21 bits per heavy atom. The number of aromatic nitrogens is 1. The molecular weight excluding hydrogens is 454 g/mol. The van der Waals surface area contributed by atoms with E-state index in [4.69, 9.17) is 4.74 Å². The number of benzene rings is 2. The van der Waals surface area contributed by atoms with Gasteiger partial charge in [-0.1, -0.05) is 24.8 Å². The van der Waals surface area contributed by atoms with Gasteiger partial charge in [0.15, 0.2) is 5.13 Å². The van der Waals surface area contributed by atoms with Crippen molar-refractivity contribution in [3.63, 3.8) is 0 Å². The minimum Gasteiger partial charge on any atom is -0.381 e. The molecule has 33 heavy (non-hydrogen) atoms. The molecule has 0 aliphatic carbocycles. The molecule has 0 radical (unpaired) electrons. The highest BCUT2D eigenvalue weighted by Crippen LogP contribution is 2.45. The fourth-order valence-electron chi connectivity index (χ4n) is 4.75.